The van der Waals surface area contributed by atoms with Gasteiger partial charge in [0.25, 0.3) is 0 Å². The lowest BCUT2D eigenvalue weighted by atomic mass is 9.62. The molecule has 1 aliphatic rings. The van der Waals surface area contributed by atoms with E-state index >= 15 is 0 Å². The molecule has 0 bridgehead atoms. The highest BCUT2D eigenvalue weighted by atomic mass is 19.1. The average Bonchev–Trinajstić information content (AvgIpc) is 2.39. The molecule has 1 aliphatic heterocycles. The maximum atomic E-state index is 13.4. The number of carbonyl (C=O) groups excluding carboxylic acids is 2. The zero-order valence-electron chi connectivity index (χ0n) is 10.6. The van der Waals surface area contributed by atoms with Crippen LogP contribution in [0.25, 0.3) is 0 Å². The highest BCUT2D eigenvalue weighted by molar-refractivity contribution is 6.04. The van der Waals surface area contributed by atoms with E-state index in [9.17, 15) is 24.5 Å². The molecule has 1 heterocycles. The summed E-state index contributed by atoms with van der Waals surface area (Å²) in [6, 6.07) is 8.88. The Morgan fingerprint density at radius 1 is 1.20 bits per heavy atom. The highest BCUT2D eigenvalue weighted by Crippen LogP contribution is 2.42. The lowest BCUT2D eigenvalue weighted by Gasteiger charge is -2.39. The van der Waals surface area contributed by atoms with E-state index in [4.69, 9.17) is 0 Å². The summed E-state index contributed by atoms with van der Waals surface area (Å²) in [5.41, 5.74) is -1.11. The Kier molecular flexibility index (Phi) is 3.25. The topological polar surface area (TPSA) is 93.8 Å². The molecule has 5 nitrogen and oxygen atoms in total. The van der Waals surface area contributed by atoms with Crippen LogP contribution in [0, 0.1) is 40.3 Å². The molecule has 0 saturated carbocycles. The Morgan fingerprint density at radius 2 is 1.75 bits per heavy atom. The fraction of sp³-hybridized carbons (Fsp3) is 0.286. The first-order valence-corrected chi connectivity index (χ1v) is 5.85. The molecule has 0 aromatic heterocycles. The molecule has 2 rings (SSSR count). The van der Waals surface area contributed by atoms with Gasteiger partial charge >= 0.3 is 0 Å². The van der Waals surface area contributed by atoms with Crippen molar-refractivity contribution < 1.29 is 14.0 Å². The van der Waals surface area contributed by atoms with Gasteiger partial charge in [0.2, 0.25) is 11.8 Å². The van der Waals surface area contributed by atoms with Crippen molar-refractivity contribution in [1.82, 2.24) is 5.32 Å². The van der Waals surface area contributed by atoms with E-state index in [-0.39, 0.29) is 5.56 Å². The quantitative estimate of drug-likeness (QED) is 0.771. The Balaban J connectivity index is 2.68. The van der Waals surface area contributed by atoms with E-state index in [1.54, 1.807) is 0 Å². The molecule has 2 amide bonds. The lowest BCUT2D eigenvalue weighted by Crippen LogP contribution is -2.58. The summed E-state index contributed by atoms with van der Waals surface area (Å²) >= 11 is 0. The summed E-state index contributed by atoms with van der Waals surface area (Å²) < 4.78 is 13.4. The van der Waals surface area contributed by atoms with E-state index in [0.717, 1.165) is 6.07 Å². The Hall–Kier alpha value is -2.73. The number of nitriles is 2. The summed E-state index contributed by atoms with van der Waals surface area (Å²) in [7, 11) is 0. The molecule has 0 aliphatic carbocycles. The fourth-order valence-corrected chi connectivity index (χ4v) is 2.52. The number of piperidine rings is 1. The summed E-state index contributed by atoms with van der Waals surface area (Å²) in [6.07, 6.45) is 0. The molecule has 100 valence electrons. The third kappa shape index (κ3) is 1.83. The monoisotopic (exact) mass is 271 g/mol. The van der Waals surface area contributed by atoms with Gasteiger partial charge in [0.05, 0.1) is 12.1 Å². The van der Waals surface area contributed by atoms with Gasteiger partial charge in [0.1, 0.15) is 17.7 Å². The van der Waals surface area contributed by atoms with Crippen LogP contribution >= 0.6 is 0 Å². The van der Waals surface area contributed by atoms with Crippen molar-refractivity contribution in [3.8, 4) is 12.1 Å². The van der Waals surface area contributed by atoms with Gasteiger partial charge in [0, 0.05) is 5.41 Å². The number of hydrogen-bond acceptors (Lipinski definition) is 4. The highest BCUT2D eigenvalue weighted by Gasteiger charge is 2.54. The largest absolute Gasteiger partial charge is 0.294 e. The molecule has 1 N–H and O–H groups in total. The second kappa shape index (κ2) is 4.75. The van der Waals surface area contributed by atoms with Gasteiger partial charge in [-0.3, -0.25) is 14.9 Å². The summed E-state index contributed by atoms with van der Waals surface area (Å²) in [5.74, 6) is -4.58. The Bertz CT molecular complexity index is 640. The second-order valence-corrected chi connectivity index (χ2v) is 4.77. The van der Waals surface area contributed by atoms with E-state index in [2.05, 4.69) is 0 Å². The van der Waals surface area contributed by atoms with Crippen molar-refractivity contribution in [2.75, 3.05) is 0 Å². The van der Waals surface area contributed by atoms with Crippen LogP contribution in [0.3, 0.4) is 0 Å². The Morgan fingerprint density at radius 3 is 2.20 bits per heavy atom. The molecular formula is C14H10FN3O2. The van der Waals surface area contributed by atoms with Crippen LogP contribution < -0.4 is 5.32 Å². The molecule has 1 saturated heterocycles. The first-order valence-electron chi connectivity index (χ1n) is 5.85. The van der Waals surface area contributed by atoms with Gasteiger partial charge in [-0.25, -0.2) is 4.39 Å². The summed E-state index contributed by atoms with van der Waals surface area (Å²) in [6.45, 7) is 1.46. The smallest absolute Gasteiger partial charge is 0.244 e. The van der Waals surface area contributed by atoms with Crippen molar-refractivity contribution in [2.45, 2.75) is 12.3 Å². The van der Waals surface area contributed by atoms with E-state index in [1.807, 2.05) is 17.5 Å². The van der Waals surface area contributed by atoms with Crippen LogP contribution in [0.15, 0.2) is 24.3 Å². The molecule has 2 atom stereocenters. The standard InChI is InChI=1S/C14H10FN3O2/c1-14(8-3-2-4-9(15)5-8)10(6-16)12(19)18-13(20)11(14)7-17/h2-5,10-11H,1H3,(H,18,19,20)/t10-,11-/m1/s1. The molecule has 0 unspecified atom stereocenters. The van der Waals surface area contributed by atoms with Crippen LogP contribution in [-0.2, 0) is 15.0 Å². The maximum Gasteiger partial charge on any atom is 0.244 e. The number of amides is 2. The number of rotatable bonds is 1. The third-order valence-corrected chi connectivity index (χ3v) is 3.67. The zero-order valence-corrected chi connectivity index (χ0v) is 10.6. The summed E-state index contributed by atoms with van der Waals surface area (Å²) in [4.78, 5) is 23.6. The second-order valence-electron chi connectivity index (χ2n) is 4.77. The van der Waals surface area contributed by atoms with Crippen molar-refractivity contribution in [1.29, 1.82) is 10.5 Å². The fourth-order valence-electron chi connectivity index (χ4n) is 2.52. The van der Waals surface area contributed by atoms with Gasteiger partial charge in [-0.1, -0.05) is 19.1 Å². The normalized spacial score (nSPS) is 24.4. The number of imide groups is 1. The molecular weight excluding hydrogens is 261 g/mol. The third-order valence-electron chi connectivity index (χ3n) is 3.67. The van der Waals surface area contributed by atoms with Crippen molar-refractivity contribution in [3.63, 3.8) is 0 Å². The number of hydrogen-bond donors (Lipinski definition) is 1. The minimum atomic E-state index is -1.38. The van der Waals surface area contributed by atoms with E-state index in [0.29, 0.717) is 0 Å². The predicted molar refractivity (Wildman–Crippen MR) is 65.1 cm³/mol. The van der Waals surface area contributed by atoms with Gasteiger partial charge in [-0.15, -0.1) is 0 Å². The van der Waals surface area contributed by atoms with Crippen LogP contribution in [0.4, 0.5) is 4.39 Å². The SMILES string of the molecule is CC1(c2cccc(F)c2)[C@H](C#N)C(=O)NC(=O)[C@H]1C#N. The van der Waals surface area contributed by atoms with Crippen LogP contribution in [0.2, 0.25) is 0 Å². The summed E-state index contributed by atoms with van der Waals surface area (Å²) in [5, 5.41) is 20.4. The van der Waals surface area contributed by atoms with Gasteiger partial charge in [-0.05, 0) is 17.7 Å². The number of halogens is 1. The van der Waals surface area contributed by atoms with Crippen molar-refractivity contribution in [2.24, 2.45) is 11.8 Å². The van der Waals surface area contributed by atoms with Crippen LogP contribution in [0.5, 0.6) is 0 Å². The molecule has 0 spiro atoms. The molecule has 20 heavy (non-hydrogen) atoms. The molecule has 1 aromatic carbocycles. The van der Waals surface area contributed by atoms with Gasteiger partial charge in [0.15, 0.2) is 0 Å². The van der Waals surface area contributed by atoms with Gasteiger partial charge in [-0.2, -0.15) is 10.5 Å². The van der Waals surface area contributed by atoms with E-state index < -0.39 is 34.9 Å². The molecule has 6 heteroatoms. The lowest BCUT2D eigenvalue weighted by molar-refractivity contribution is -0.140. The molecule has 0 radical (unpaired) electrons. The maximum absolute atomic E-state index is 13.4. The van der Waals surface area contributed by atoms with Crippen molar-refractivity contribution >= 4 is 11.8 Å². The first kappa shape index (κ1) is 13.7. The zero-order chi connectivity index (χ0) is 14.9. The minimum Gasteiger partial charge on any atom is -0.294 e. The average molecular weight is 271 g/mol. The van der Waals surface area contributed by atoms with Crippen LogP contribution in [0.1, 0.15) is 12.5 Å². The molecule has 1 aromatic rings. The van der Waals surface area contributed by atoms with Crippen LogP contribution in [-0.4, -0.2) is 11.8 Å². The van der Waals surface area contributed by atoms with E-state index in [1.165, 1.54) is 25.1 Å². The number of nitrogens with zero attached hydrogens (tertiary/aromatic N) is 2. The number of benzene rings is 1. The van der Waals surface area contributed by atoms with Gasteiger partial charge < -0.3 is 0 Å². The number of nitrogens with one attached hydrogen (secondary N) is 1. The predicted octanol–water partition coefficient (Wildman–Crippen LogP) is 1.02. The Labute approximate surface area is 114 Å². The molecule has 1 fully saturated rings. The van der Waals surface area contributed by atoms with Crippen molar-refractivity contribution in [3.05, 3.63) is 35.6 Å². The number of carbonyl (C=O) groups is 2. The minimum absolute atomic E-state index is 0.277. The first-order chi connectivity index (χ1) is 9.44.